The van der Waals surface area contributed by atoms with E-state index in [0.717, 1.165) is 0 Å². The van der Waals surface area contributed by atoms with E-state index in [0.29, 0.717) is 0 Å². The molecule has 0 bridgehead atoms. The maximum absolute atomic E-state index is 16.2. The Labute approximate surface area is 328 Å². The van der Waals surface area contributed by atoms with Crippen molar-refractivity contribution in [3.8, 4) is 0 Å². The van der Waals surface area contributed by atoms with Gasteiger partial charge in [-0.15, -0.1) is 10.2 Å². The fraction of sp³-hybridized carbons (Fsp3) is 0.632. The van der Waals surface area contributed by atoms with Gasteiger partial charge in [0.15, 0.2) is 46.5 Å². The highest BCUT2D eigenvalue weighted by Crippen LogP contribution is 2.56. The van der Waals surface area contributed by atoms with Crippen LogP contribution in [0.5, 0.6) is 0 Å². The zero-order chi connectivity index (χ0) is 43.6. The molecule has 0 fully saturated rings. The summed E-state index contributed by atoms with van der Waals surface area (Å²) in [5.41, 5.74) is -4.45. The Morgan fingerprint density at radius 1 is 0.304 bits per heavy atom. The SMILES string of the molecule is CC(C)N(C(C)C)P(/C(=N\N=C(\c1c(F)c(F)c(F)c(F)c1F)P(N(C(C)C)C(C)C)N(C(C)C)C(C)C)c1c(F)c(F)c(F)c(F)c1F)N(C(C)C)C(C)C. The average Bonchev–Trinajstić information content (AvgIpc) is 3.06. The summed E-state index contributed by atoms with van der Waals surface area (Å²) in [4.78, 5) is 0. The Morgan fingerprint density at radius 3 is 0.589 bits per heavy atom. The van der Waals surface area contributed by atoms with Crippen molar-refractivity contribution in [2.45, 2.75) is 159 Å². The number of hydrogen-bond donors (Lipinski definition) is 0. The second kappa shape index (κ2) is 20.2. The number of halogens is 10. The predicted octanol–water partition coefficient (Wildman–Crippen LogP) is 12.3. The fourth-order valence-corrected chi connectivity index (χ4v) is 12.8. The molecule has 2 aromatic carbocycles. The summed E-state index contributed by atoms with van der Waals surface area (Å²) in [5, 5.41) is 8.54. The first-order valence-electron chi connectivity index (χ1n) is 18.6. The third kappa shape index (κ3) is 10.1. The highest BCUT2D eigenvalue weighted by Gasteiger charge is 2.44. The average molecular weight is 849 g/mol. The van der Waals surface area contributed by atoms with Crippen molar-refractivity contribution < 1.29 is 43.9 Å². The summed E-state index contributed by atoms with van der Waals surface area (Å²) in [7, 11) is -4.85. The highest BCUT2D eigenvalue weighted by atomic mass is 31.1. The maximum Gasteiger partial charge on any atom is 0.200 e. The van der Waals surface area contributed by atoms with E-state index in [4.69, 9.17) is 0 Å². The molecule has 0 aromatic heterocycles. The molecule has 0 spiro atoms. The van der Waals surface area contributed by atoms with Crippen LogP contribution in [-0.2, 0) is 0 Å². The van der Waals surface area contributed by atoms with Gasteiger partial charge < -0.3 is 0 Å². The van der Waals surface area contributed by atoms with E-state index in [1.807, 2.05) is 0 Å². The third-order valence-corrected chi connectivity index (χ3v) is 15.4. The number of hydrogen-bond acceptors (Lipinski definition) is 6. The van der Waals surface area contributed by atoms with Gasteiger partial charge in [-0.1, -0.05) is 0 Å². The first-order chi connectivity index (χ1) is 25.7. The van der Waals surface area contributed by atoms with Crippen LogP contribution in [-0.4, -0.2) is 77.9 Å². The minimum atomic E-state index is -2.43. The van der Waals surface area contributed by atoms with Gasteiger partial charge in [-0.3, -0.25) is 18.7 Å². The van der Waals surface area contributed by atoms with Crippen LogP contribution in [0.1, 0.15) is 122 Å². The first kappa shape index (κ1) is 49.9. The van der Waals surface area contributed by atoms with Gasteiger partial charge in [-0.05, 0) is 111 Å². The number of rotatable bonds is 17. The van der Waals surface area contributed by atoms with Crippen LogP contribution < -0.4 is 0 Å². The Hall–Kier alpha value is -2.22. The molecule has 0 aliphatic rings. The van der Waals surface area contributed by atoms with Gasteiger partial charge in [0.2, 0.25) is 11.6 Å². The standard InChI is InChI=1S/C38H56F10N6P2/c1-17(2)51(18(3)4)55(52(19(5)6)20(7)8)37(25-27(39)31(43)35(47)32(44)28(25)40)49-50-38(26-29(41)33(45)36(48)34(46)30(26)42)56(53(21(9)10)22(11)12)54(23(13)14)24(15)16/h17-24H,1-16H3/b49-37-,50-38-. The molecule has 2 rings (SSSR count). The van der Waals surface area contributed by atoms with Crippen LogP contribution in [0.4, 0.5) is 43.9 Å². The van der Waals surface area contributed by atoms with Gasteiger partial charge in [-0.2, -0.15) is 0 Å². The molecule has 0 aliphatic carbocycles. The minimum Gasteiger partial charge on any atom is -0.260 e. The third-order valence-electron chi connectivity index (χ3n) is 8.59. The Kier molecular flexibility index (Phi) is 18.0. The summed E-state index contributed by atoms with van der Waals surface area (Å²) < 4.78 is 161. The largest absolute Gasteiger partial charge is 0.260 e. The molecule has 318 valence electrons. The van der Waals surface area contributed by atoms with E-state index < -0.39 is 145 Å². The van der Waals surface area contributed by atoms with Gasteiger partial charge in [0.25, 0.3) is 0 Å². The molecule has 0 aliphatic heterocycles. The van der Waals surface area contributed by atoms with Crippen LogP contribution in [0.3, 0.4) is 0 Å². The van der Waals surface area contributed by atoms with E-state index in [1.165, 1.54) is 0 Å². The van der Waals surface area contributed by atoms with Crippen molar-refractivity contribution in [1.82, 2.24) is 18.7 Å². The smallest absolute Gasteiger partial charge is 0.200 e. The zero-order valence-corrected chi connectivity index (χ0v) is 36.8. The maximum atomic E-state index is 16.2. The van der Waals surface area contributed by atoms with Crippen LogP contribution in [0.15, 0.2) is 10.2 Å². The quantitative estimate of drug-likeness (QED) is 0.0397. The molecule has 0 heterocycles. The van der Waals surface area contributed by atoms with Gasteiger partial charge in [-0.25, -0.2) is 43.9 Å². The normalized spacial score (nSPS) is 13.9. The van der Waals surface area contributed by atoms with Gasteiger partial charge >= 0.3 is 0 Å². The Balaban J connectivity index is 3.66. The van der Waals surface area contributed by atoms with E-state index in [1.54, 1.807) is 129 Å². The van der Waals surface area contributed by atoms with E-state index in [2.05, 4.69) is 10.2 Å². The molecule has 56 heavy (non-hydrogen) atoms. The summed E-state index contributed by atoms with van der Waals surface area (Å²) >= 11 is 0. The molecule has 0 atom stereocenters. The van der Waals surface area contributed by atoms with Crippen LogP contribution in [0.2, 0.25) is 0 Å². The Morgan fingerprint density at radius 2 is 0.446 bits per heavy atom. The fourth-order valence-electron chi connectivity index (χ4n) is 6.89. The lowest BCUT2D eigenvalue weighted by atomic mass is 10.2. The molecular weight excluding hydrogens is 792 g/mol. The predicted molar refractivity (Wildman–Crippen MR) is 208 cm³/mol. The van der Waals surface area contributed by atoms with Crippen LogP contribution in [0.25, 0.3) is 0 Å². The van der Waals surface area contributed by atoms with E-state index in [9.17, 15) is 8.78 Å². The van der Waals surface area contributed by atoms with Crippen molar-refractivity contribution in [1.29, 1.82) is 0 Å². The second-order valence-corrected chi connectivity index (χ2v) is 19.4. The topological polar surface area (TPSA) is 37.7 Å². The van der Waals surface area contributed by atoms with Crippen molar-refractivity contribution in [3.63, 3.8) is 0 Å². The number of benzene rings is 2. The van der Waals surface area contributed by atoms with Crippen molar-refractivity contribution in [2.24, 2.45) is 10.2 Å². The molecule has 0 unspecified atom stereocenters. The molecule has 0 amide bonds. The second-order valence-electron chi connectivity index (χ2n) is 15.6. The zero-order valence-electron chi connectivity index (χ0n) is 35.0. The summed E-state index contributed by atoms with van der Waals surface area (Å²) in [6.07, 6.45) is 0. The van der Waals surface area contributed by atoms with Crippen molar-refractivity contribution in [2.75, 3.05) is 0 Å². The summed E-state index contributed by atoms with van der Waals surface area (Å²) in [5.74, 6) is -22.9. The van der Waals surface area contributed by atoms with E-state index >= 15 is 35.1 Å². The lowest BCUT2D eigenvalue weighted by Gasteiger charge is -2.47. The number of nitrogens with zero attached hydrogens (tertiary/aromatic N) is 6. The van der Waals surface area contributed by atoms with Gasteiger partial charge in [0.05, 0.1) is 27.6 Å². The lowest BCUT2D eigenvalue weighted by molar-refractivity contribution is 0.261. The molecule has 18 heteroatoms. The molecule has 0 N–H and O–H groups in total. The van der Waals surface area contributed by atoms with Gasteiger partial charge in [0.1, 0.15) is 10.9 Å². The summed E-state index contributed by atoms with van der Waals surface area (Å²) in [6.45, 7) is 28.0. The monoisotopic (exact) mass is 848 g/mol. The molecule has 0 saturated heterocycles. The van der Waals surface area contributed by atoms with Crippen molar-refractivity contribution in [3.05, 3.63) is 69.3 Å². The molecule has 0 saturated carbocycles. The minimum absolute atomic E-state index is 0.460. The molecule has 0 radical (unpaired) electrons. The molecule has 6 nitrogen and oxygen atoms in total. The summed E-state index contributed by atoms with van der Waals surface area (Å²) in [6, 6.07) is -3.68. The Bertz CT molecular complexity index is 1490. The lowest BCUT2D eigenvalue weighted by Crippen LogP contribution is -2.45. The highest BCUT2D eigenvalue weighted by molar-refractivity contribution is 7.72. The molecular formula is C38H56F10N6P2. The first-order valence-corrected chi connectivity index (χ1v) is 21.1. The van der Waals surface area contributed by atoms with Crippen LogP contribution in [0, 0.1) is 58.2 Å². The molecule has 2 aromatic rings. The van der Waals surface area contributed by atoms with E-state index in [-0.39, 0.29) is 0 Å². The van der Waals surface area contributed by atoms with Gasteiger partial charge in [0, 0.05) is 48.3 Å². The van der Waals surface area contributed by atoms with Crippen molar-refractivity contribution >= 4 is 27.4 Å². The van der Waals surface area contributed by atoms with Crippen LogP contribution >= 0.6 is 16.4 Å².